The number of aliphatic hydroxyl groups is 1. The Balaban J connectivity index is 1.98. The molecule has 0 aromatic carbocycles. The van der Waals surface area contributed by atoms with E-state index in [0.717, 1.165) is 32.4 Å². The molecule has 1 N–H and O–H groups in total. The van der Waals surface area contributed by atoms with Crippen LogP contribution in [0.15, 0.2) is 24.5 Å². The van der Waals surface area contributed by atoms with E-state index in [4.69, 9.17) is 0 Å². The number of rotatable bonds is 5. The van der Waals surface area contributed by atoms with E-state index in [1.165, 1.54) is 24.8 Å². The quantitative estimate of drug-likeness (QED) is 0.845. The molecule has 0 amide bonds. The van der Waals surface area contributed by atoms with Crippen LogP contribution in [0, 0.1) is 11.8 Å². The molecule has 22 heavy (non-hydrogen) atoms. The number of piperidine rings is 1. The molecule has 3 nitrogen and oxygen atoms in total. The number of hydrogen-bond donors (Lipinski definition) is 1. The molecule has 1 aliphatic rings. The van der Waals surface area contributed by atoms with Gasteiger partial charge in [-0.25, -0.2) is 0 Å². The van der Waals surface area contributed by atoms with Crippen LogP contribution in [0.2, 0.25) is 0 Å². The molecule has 0 spiro atoms. The molecule has 2 atom stereocenters. The van der Waals surface area contributed by atoms with Crippen molar-refractivity contribution in [3.8, 4) is 11.8 Å². The highest BCUT2D eigenvalue weighted by atomic mass is 16.3. The van der Waals surface area contributed by atoms with Crippen molar-refractivity contribution in [3.05, 3.63) is 30.1 Å². The summed E-state index contributed by atoms with van der Waals surface area (Å²) in [6.07, 6.45) is 10.3. The van der Waals surface area contributed by atoms with Gasteiger partial charge in [-0.05, 0) is 50.8 Å². The van der Waals surface area contributed by atoms with Gasteiger partial charge >= 0.3 is 0 Å². The second-order valence-corrected chi connectivity index (χ2v) is 6.45. The summed E-state index contributed by atoms with van der Waals surface area (Å²) in [5.74, 6) is 6.27. The van der Waals surface area contributed by atoms with E-state index in [0.29, 0.717) is 6.04 Å². The molecule has 1 fully saturated rings. The molecule has 1 saturated heterocycles. The van der Waals surface area contributed by atoms with Gasteiger partial charge in [-0.3, -0.25) is 9.88 Å². The summed E-state index contributed by atoms with van der Waals surface area (Å²) >= 11 is 0. The zero-order valence-electron chi connectivity index (χ0n) is 13.9. The molecule has 0 aliphatic carbocycles. The largest absolute Gasteiger partial charge is 0.378 e. The topological polar surface area (TPSA) is 36.4 Å². The second kappa shape index (κ2) is 8.31. The summed E-state index contributed by atoms with van der Waals surface area (Å²) in [6, 6.07) is 4.57. The van der Waals surface area contributed by atoms with Crippen LogP contribution in [-0.2, 0) is 0 Å². The minimum absolute atomic E-state index is 0.414. The lowest BCUT2D eigenvalue weighted by molar-refractivity contribution is 0.109. The molecule has 2 unspecified atom stereocenters. The number of pyridine rings is 1. The maximum atomic E-state index is 10.3. The monoisotopic (exact) mass is 300 g/mol. The highest BCUT2D eigenvalue weighted by Crippen LogP contribution is 2.29. The Kier molecular flexibility index (Phi) is 6.42. The van der Waals surface area contributed by atoms with Crippen molar-refractivity contribution in [2.24, 2.45) is 0 Å². The van der Waals surface area contributed by atoms with Crippen LogP contribution in [0.5, 0.6) is 0 Å². The smallest absolute Gasteiger partial charge is 0.122 e. The molecule has 1 aliphatic heterocycles. The highest BCUT2D eigenvalue weighted by molar-refractivity contribution is 5.17. The molecule has 0 saturated carbocycles. The zero-order chi connectivity index (χ0) is 15.8. The van der Waals surface area contributed by atoms with E-state index in [2.05, 4.69) is 34.7 Å². The normalized spacial score (nSPS) is 21.7. The second-order valence-electron chi connectivity index (χ2n) is 6.45. The number of aromatic nitrogens is 1. The molecule has 120 valence electrons. The first-order chi connectivity index (χ1) is 10.6. The number of unbranched alkanes of at least 4 members (excludes halogenated alkanes) is 1. The van der Waals surface area contributed by atoms with E-state index < -0.39 is 5.60 Å². The average Bonchev–Trinajstić information content (AvgIpc) is 2.54. The van der Waals surface area contributed by atoms with Crippen LogP contribution in [0.3, 0.4) is 0 Å². The van der Waals surface area contributed by atoms with Crippen LogP contribution >= 0.6 is 0 Å². The minimum atomic E-state index is -0.852. The summed E-state index contributed by atoms with van der Waals surface area (Å²) in [5, 5.41) is 10.3. The first kappa shape index (κ1) is 17.0. The van der Waals surface area contributed by atoms with Gasteiger partial charge in [-0.15, -0.1) is 0 Å². The standard InChI is InChI=1S/C19H28N2O/c1-3-4-11-19(2,22)12-8-15-21-14-6-5-10-18(21)17-9-7-13-20-16-17/h7,9,13,16,18,22H,3-6,10-11,14-15H2,1-2H3. The molecule has 1 aromatic rings. The van der Waals surface area contributed by atoms with Gasteiger partial charge in [0.1, 0.15) is 5.60 Å². The van der Waals surface area contributed by atoms with Crippen molar-refractivity contribution >= 4 is 0 Å². The van der Waals surface area contributed by atoms with Crippen molar-refractivity contribution in [1.29, 1.82) is 0 Å². The highest BCUT2D eigenvalue weighted by Gasteiger charge is 2.23. The van der Waals surface area contributed by atoms with Crippen LogP contribution in [0.25, 0.3) is 0 Å². The van der Waals surface area contributed by atoms with Gasteiger partial charge in [-0.2, -0.15) is 0 Å². The predicted molar refractivity (Wildman–Crippen MR) is 90.3 cm³/mol. The van der Waals surface area contributed by atoms with Gasteiger partial charge in [0.25, 0.3) is 0 Å². The molecule has 3 heteroatoms. The van der Waals surface area contributed by atoms with Crippen LogP contribution in [-0.4, -0.2) is 33.7 Å². The SMILES string of the molecule is CCCCC(C)(O)C#CCN1CCCCC1c1cccnc1. The van der Waals surface area contributed by atoms with E-state index >= 15 is 0 Å². The summed E-state index contributed by atoms with van der Waals surface area (Å²) in [6.45, 7) is 5.76. The molecule has 0 bridgehead atoms. The van der Waals surface area contributed by atoms with Crippen molar-refractivity contribution in [2.75, 3.05) is 13.1 Å². The lowest BCUT2D eigenvalue weighted by Gasteiger charge is -2.34. The Morgan fingerprint density at radius 2 is 2.32 bits per heavy atom. The molecular formula is C19H28N2O. The Morgan fingerprint density at radius 3 is 3.05 bits per heavy atom. The van der Waals surface area contributed by atoms with E-state index in [1.54, 1.807) is 0 Å². The van der Waals surface area contributed by atoms with Gasteiger partial charge in [0, 0.05) is 18.4 Å². The van der Waals surface area contributed by atoms with Crippen LogP contribution in [0.1, 0.15) is 64.0 Å². The lowest BCUT2D eigenvalue weighted by atomic mass is 9.96. The third-order valence-electron chi connectivity index (χ3n) is 4.34. The predicted octanol–water partition coefficient (Wildman–Crippen LogP) is 3.55. The number of hydrogen-bond acceptors (Lipinski definition) is 3. The van der Waals surface area contributed by atoms with Gasteiger partial charge < -0.3 is 5.11 Å². The molecule has 2 rings (SSSR count). The van der Waals surface area contributed by atoms with Gasteiger partial charge in [0.15, 0.2) is 0 Å². The van der Waals surface area contributed by atoms with Crippen molar-refractivity contribution < 1.29 is 5.11 Å². The first-order valence-electron chi connectivity index (χ1n) is 8.49. The third-order valence-corrected chi connectivity index (χ3v) is 4.34. The van der Waals surface area contributed by atoms with Crippen LogP contribution < -0.4 is 0 Å². The molecule has 0 radical (unpaired) electrons. The van der Waals surface area contributed by atoms with Gasteiger partial charge in [0.05, 0.1) is 6.54 Å². The number of nitrogens with zero attached hydrogens (tertiary/aromatic N) is 2. The minimum Gasteiger partial charge on any atom is -0.378 e. The number of likely N-dealkylation sites (tertiary alicyclic amines) is 1. The summed E-state index contributed by atoms with van der Waals surface area (Å²) in [5.41, 5.74) is 0.428. The summed E-state index contributed by atoms with van der Waals surface area (Å²) in [4.78, 5) is 6.66. The molecular weight excluding hydrogens is 272 g/mol. The maximum Gasteiger partial charge on any atom is 0.122 e. The van der Waals surface area contributed by atoms with Crippen molar-refractivity contribution in [3.63, 3.8) is 0 Å². The van der Waals surface area contributed by atoms with Crippen molar-refractivity contribution in [1.82, 2.24) is 9.88 Å². The lowest BCUT2D eigenvalue weighted by Crippen LogP contribution is -2.34. The van der Waals surface area contributed by atoms with Crippen molar-refractivity contribution in [2.45, 2.75) is 64.0 Å². The van der Waals surface area contributed by atoms with Crippen LogP contribution in [0.4, 0.5) is 0 Å². The fourth-order valence-electron chi connectivity index (χ4n) is 3.05. The first-order valence-corrected chi connectivity index (χ1v) is 8.49. The molecule has 2 heterocycles. The Bertz CT molecular complexity index is 501. The van der Waals surface area contributed by atoms with Gasteiger partial charge in [-0.1, -0.05) is 37.7 Å². The van der Waals surface area contributed by atoms with E-state index in [9.17, 15) is 5.11 Å². The Morgan fingerprint density at radius 1 is 1.45 bits per heavy atom. The zero-order valence-corrected chi connectivity index (χ0v) is 13.9. The summed E-state index contributed by atoms with van der Waals surface area (Å²) in [7, 11) is 0. The van der Waals surface area contributed by atoms with Gasteiger partial charge in [0.2, 0.25) is 0 Å². The Labute approximate surface area is 134 Å². The third kappa shape index (κ3) is 5.12. The fraction of sp³-hybridized carbons (Fsp3) is 0.632. The average molecular weight is 300 g/mol. The summed E-state index contributed by atoms with van der Waals surface area (Å²) < 4.78 is 0. The maximum absolute atomic E-state index is 10.3. The van der Waals surface area contributed by atoms with E-state index in [1.807, 2.05) is 25.4 Å². The molecule has 1 aromatic heterocycles. The Hall–Kier alpha value is -1.37. The fourth-order valence-corrected chi connectivity index (χ4v) is 3.05. The van der Waals surface area contributed by atoms with E-state index in [-0.39, 0.29) is 0 Å².